The Morgan fingerprint density at radius 1 is 1.19 bits per heavy atom. The van der Waals surface area contributed by atoms with E-state index in [0.717, 1.165) is 35.5 Å². The lowest BCUT2D eigenvalue weighted by Gasteiger charge is -2.10. The summed E-state index contributed by atoms with van der Waals surface area (Å²) in [5, 5.41) is 2.97. The van der Waals surface area contributed by atoms with Gasteiger partial charge in [0.1, 0.15) is 0 Å². The molecule has 0 unspecified atom stereocenters. The monoisotopic (exact) mass is 282 g/mol. The maximum absolute atomic E-state index is 12.0. The molecule has 0 saturated heterocycles. The molecule has 106 valence electrons. The van der Waals surface area contributed by atoms with E-state index in [9.17, 15) is 4.79 Å². The number of benzene rings is 1. The fourth-order valence-corrected chi connectivity index (χ4v) is 2.36. The highest BCUT2D eigenvalue weighted by atomic mass is 16.7. The van der Waals surface area contributed by atoms with Gasteiger partial charge in [-0.05, 0) is 43.2 Å². The van der Waals surface area contributed by atoms with Crippen LogP contribution >= 0.6 is 0 Å². The van der Waals surface area contributed by atoms with Crippen LogP contribution < -0.4 is 14.8 Å². The maximum atomic E-state index is 12.0. The average Bonchev–Trinajstić information content (AvgIpc) is 3.26. The van der Waals surface area contributed by atoms with E-state index < -0.39 is 0 Å². The Kier molecular flexibility index (Phi) is 2.77. The van der Waals surface area contributed by atoms with Crippen molar-refractivity contribution >= 4 is 11.6 Å². The van der Waals surface area contributed by atoms with Crippen molar-refractivity contribution in [2.45, 2.75) is 12.8 Å². The molecule has 4 rings (SSSR count). The Bertz CT molecular complexity index is 710. The summed E-state index contributed by atoms with van der Waals surface area (Å²) in [5.41, 5.74) is 2.36. The molecule has 1 amide bonds. The van der Waals surface area contributed by atoms with Crippen LogP contribution in [0.4, 0.5) is 5.69 Å². The SMILES string of the molecule is O=C(Nc1cccnc1-c1ccc2c(c1)OCO2)C1CC1. The second-order valence-corrected chi connectivity index (χ2v) is 5.23. The van der Waals surface area contributed by atoms with Crippen LogP contribution in [0.3, 0.4) is 0 Å². The van der Waals surface area contributed by atoms with Crippen LogP contribution in [0.15, 0.2) is 36.5 Å². The minimum Gasteiger partial charge on any atom is -0.454 e. The van der Waals surface area contributed by atoms with Crippen molar-refractivity contribution in [1.29, 1.82) is 0 Å². The predicted octanol–water partition coefficient (Wildman–Crippen LogP) is 2.83. The minimum absolute atomic E-state index is 0.0741. The summed E-state index contributed by atoms with van der Waals surface area (Å²) in [6.45, 7) is 0.242. The Morgan fingerprint density at radius 3 is 2.90 bits per heavy atom. The van der Waals surface area contributed by atoms with Gasteiger partial charge in [0, 0.05) is 17.7 Å². The van der Waals surface area contributed by atoms with Crippen molar-refractivity contribution in [2.24, 2.45) is 5.92 Å². The van der Waals surface area contributed by atoms with Gasteiger partial charge in [-0.25, -0.2) is 0 Å². The van der Waals surface area contributed by atoms with Crippen molar-refractivity contribution in [1.82, 2.24) is 4.98 Å². The summed E-state index contributed by atoms with van der Waals surface area (Å²) in [5.74, 6) is 1.68. The van der Waals surface area contributed by atoms with E-state index in [0.29, 0.717) is 5.75 Å². The summed E-state index contributed by atoms with van der Waals surface area (Å²) in [4.78, 5) is 16.4. The molecule has 0 spiro atoms. The highest BCUT2D eigenvalue weighted by molar-refractivity contribution is 5.97. The summed E-state index contributed by atoms with van der Waals surface area (Å²) < 4.78 is 10.7. The van der Waals surface area contributed by atoms with Gasteiger partial charge in [0.2, 0.25) is 12.7 Å². The Hall–Kier alpha value is -2.56. The summed E-state index contributed by atoms with van der Waals surface area (Å²) in [7, 11) is 0. The van der Waals surface area contributed by atoms with E-state index >= 15 is 0 Å². The number of ether oxygens (including phenoxy) is 2. The normalized spacial score (nSPS) is 15.8. The van der Waals surface area contributed by atoms with E-state index in [4.69, 9.17) is 9.47 Å². The fraction of sp³-hybridized carbons (Fsp3) is 0.250. The largest absolute Gasteiger partial charge is 0.454 e. The maximum Gasteiger partial charge on any atom is 0.231 e. The number of carbonyl (C=O) groups is 1. The lowest BCUT2D eigenvalue weighted by molar-refractivity contribution is -0.117. The molecule has 2 aliphatic rings. The zero-order valence-corrected chi connectivity index (χ0v) is 11.3. The standard InChI is InChI=1S/C16H14N2O3/c19-16(10-3-4-10)18-12-2-1-7-17-15(12)11-5-6-13-14(8-11)21-9-20-13/h1-2,5-8,10H,3-4,9H2,(H,18,19). The van der Waals surface area contributed by atoms with Crippen LogP contribution in [-0.4, -0.2) is 17.7 Å². The van der Waals surface area contributed by atoms with Crippen molar-refractivity contribution in [3.8, 4) is 22.8 Å². The molecule has 1 aromatic carbocycles. The molecule has 0 radical (unpaired) electrons. The molecule has 1 aromatic heterocycles. The van der Waals surface area contributed by atoms with Gasteiger partial charge in [-0.1, -0.05) is 0 Å². The highest BCUT2D eigenvalue weighted by Gasteiger charge is 2.30. The number of rotatable bonds is 3. The quantitative estimate of drug-likeness (QED) is 0.940. The zero-order valence-electron chi connectivity index (χ0n) is 11.3. The van der Waals surface area contributed by atoms with Crippen molar-refractivity contribution in [2.75, 3.05) is 12.1 Å². The summed E-state index contributed by atoms with van der Waals surface area (Å²) >= 11 is 0. The van der Waals surface area contributed by atoms with Crippen LogP contribution in [0.1, 0.15) is 12.8 Å². The van der Waals surface area contributed by atoms with Gasteiger partial charge in [0.15, 0.2) is 11.5 Å². The Balaban J connectivity index is 1.69. The first kappa shape index (κ1) is 12.2. The molecule has 1 aliphatic carbocycles. The van der Waals surface area contributed by atoms with Gasteiger partial charge in [0.05, 0.1) is 11.4 Å². The molecular weight excluding hydrogens is 268 g/mol. The molecule has 1 fully saturated rings. The first-order valence-corrected chi connectivity index (χ1v) is 6.97. The van der Waals surface area contributed by atoms with Gasteiger partial charge in [-0.2, -0.15) is 0 Å². The highest BCUT2D eigenvalue weighted by Crippen LogP contribution is 2.37. The molecule has 1 N–H and O–H groups in total. The number of hydrogen-bond donors (Lipinski definition) is 1. The molecular formula is C16H14N2O3. The Morgan fingerprint density at radius 2 is 2.05 bits per heavy atom. The Labute approximate surface area is 121 Å². The average molecular weight is 282 g/mol. The third-order valence-corrected chi connectivity index (χ3v) is 3.66. The molecule has 5 nitrogen and oxygen atoms in total. The second kappa shape index (κ2) is 4.77. The van der Waals surface area contributed by atoms with Crippen molar-refractivity contribution < 1.29 is 14.3 Å². The zero-order chi connectivity index (χ0) is 14.2. The van der Waals surface area contributed by atoms with Gasteiger partial charge in [0.25, 0.3) is 0 Å². The van der Waals surface area contributed by atoms with E-state index in [1.807, 2.05) is 30.3 Å². The molecule has 21 heavy (non-hydrogen) atoms. The summed E-state index contributed by atoms with van der Waals surface area (Å²) in [6.07, 6.45) is 3.67. The number of fused-ring (bicyclic) bond motifs is 1. The van der Waals surface area contributed by atoms with Crippen molar-refractivity contribution in [3.05, 3.63) is 36.5 Å². The number of nitrogens with one attached hydrogen (secondary N) is 1. The first-order valence-electron chi connectivity index (χ1n) is 6.97. The molecule has 0 bridgehead atoms. The van der Waals surface area contributed by atoms with Crippen molar-refractivity contribution in [3.63, 3.8) is 0 Å². The third-order valence-electron chi connectivity index (χ3n) is 3.66. The molecule has 1 saturated carbocycles. The number of nitrogens with zero attached hydrogens (tertiary/aromatic N) is 1. The molecule has 2 aromatic rings. The number of anilines is 1. The van der Waals surface area contributed by atoms with Gasteiger partial charge >= 0.3 is 0 Å². The minimum atomic E-state index is 0.0741. The number of aromatic nitrogens is 1. The number of hydrogen-bond acceptors (Lipinski definition) is 4. The van der Waals surface area contributed by atoms with Gasteiger partial charge in [-0.3, -0.25) is 9.78 Å². The van der Waals surface area contributed by atoms with E-state index in [1.54, 1.807) is 6.20 Å². The topological polar surface area (TPSA) is 60.5 Å². The molecule has 2 heterocycles. The van der Waals surface area contributed by atoms with E-state index in [1.165, 1.54) is 0 Å². The van der Waals surface area contributed by atoms with E-state index in [2.05, 4.69) is 10.3 Å². The fourth-order valence-electron chi connectivity index (χ4n) is 2.36. The lowest BCUT2D eigenvalue weighted by Crippen LogP contribution is -2.14. The van der Waals surface area contributed by atoms with Crippen LogP contribution in [0.25, 0.3) is 11.3 Å². The lowest BCUT2D eigenvalue weighted by atomic mass is 10.1. The third kappa shape index (κ3) is 2.31. The second-order valence-electron chi connectivity index (χ2n) is 5.23. The van der Waals surface area contributed by atoms with Gasteiger partial charge in [-0.15, -0.1) is 0 Å². The van der Waals surface area contributed by atoms with Crippen LogP contribution in [0.5, 0.6) is 11.5 Å². The summed E-state index contributed by atoms with van der Waals surface area (Å²) in [6, 6.07) is 9.35. The molecule has 1 aliphatic heterocycles. The van der Waals surface area contributed by atoms with E-state index in [-0.39, 0.29) is 18.6 Å². The van der Waals surface area contributed by atoms with Crippen LogP contribution in [-0.2, 0) is 4.79 Å². The number of pyridine rings is 1. The van der Waals surface area contributed by atoms with Crippen LogP contribution in [0, 0.1) is 5.92 Å². The smallest absolute Gasteiger partial charge is 0.231 e. The van der Waals surface area contributed by atoms with Gasteiger partial charge < -0.3 is 14.8 Å². The first-order chi connectivity index (χ1) is 10.3. The van der Waals surface area contributed by atoms with Crippen LogP contribution in [0.2, 0.25) is 0 Å². The molecule has 0 atom stereocenters. The predicted molar refractivity (Wildman–Crippen MR) is 77.1 cm³/mol. The number of carbonyl (C=O) groups excluding carboxylic acids is 1. The molecule has 5 heteroatoms. The number of amides is 1.